The third-order valence-corrected chi connectivity index (χ3v) is 4.14. The highest BCUT2D eigenvalue weighted by molar-refractivity contribution is 7.11. The van der Waals surface area contributed by atoms with Crippen LogP contribution in [0.4, 0.5) is 0 Å². The molecular formula is C17H17NO4S. The number of ether oxygens (including phenoxy) is 2. The number of carbonyl (C=O) groups excluding carboxylic acids is 2. The van der Waals surface area contributed by atoms with E-state index in [-0.39, 0.29) is 6.61 Å². The maximum Gasteiger partial charge on any atom is 0.337 e. The van der Waals surface area contributed by atoms with Gasteiger partial charge in [-0.25, -0.2) is 14.6 Å². The van der Waals surface area contributed by atoms with Gasteiger partial charge in [0.25, 0.3) is 0 Å². The molecule has 1 heterocycles. The zero-order valence-electron chi connectivity index (χ0n) is 13.2. The van der Waals surface area contributed by atoms with E-state index in [1.165, 1.54) is 24.5 Å². The number of nitrogens with zero attached hydrogens (tertiary/aromatic N) is 1. The normalized spacial score (nSPS) is 10.7. The quantitative estimate of drug-likeness (QED) is 0.621. The van der Waals surface area contributed by atoms with Crippen LogP contribution >= 0.6 is 11.3 Å². The fraction of sp³-hybridized carbons (Fsp3) is 0.235. The molecule has 0 amide bonds. The molecule has 0 saturated carbocycles. The Morgan fingerprint density at radius 1 is 1.22 bits per heavy atom. The Morgan fingerprint density at radius 2 is 1.91 bits per heavy atom. The standard InChI is InChI=1S/C17H17NO4S/c1-11-15(23-12(2)18-11)10-22-16(19)9-6-13-4-7-14(8-5-13)17(20)21-3/h4-9H,10H2,1-3H3/b9-6+. The molecule has 0 saturated heterocycles. The molecule has 6 heteroatoms. The average Bonchev–Trinajstić information content (AvgIpc) is 2.88. The second kappa shape index (κ2) is 7.69. The summed E-state index contributed by atoms with van der Waals surface area (Å²) < 4.78 is 9.82. The van der Waals surface area contributed by atoms with Gasteiger partial charge in [-0.2, -0.15) is 0 Å². The Hall–Kier alpha value is -2.47. The van der Waals surface area contributed by atoms with Gasteiger partial charge in [0.1, 0.15) is 6.61 Å². The number of esters is 2. The van der Waals surface area contributed by atoms with Crippen molar-refractivity contribution in [3.8, 4) is 0 Å². The molecule has 2 rings (SSSR count). The highest BCUT2D eigenvalue weighted by Crippen LogP contribution is 2.18. The maximum atomic E-state index is 11.7. The molecule has 2 aromatic rings. The second-order valence-electron chi connectivity index (χ2n) is 4.80. The summed E-state index contributed by atoms with van der Waals surface area (Å²) >= 11 is 1.52. The summed E-state index contributed by atoms with van der Waals surface area (Å²) in [7, 11) is 1.33. The molecule has 5 nitrogen and oxygen atoms in total. The summed E-state index contributed by atoms with van der Waals surface area (Å²) in [4.78, 5) is 28.3. The van der Waals surface area contributed by atoms with Gasteiger partial charge in [-0.1, -0.05) is 12.1 Å². The van der Waals surface area contributed by atoms with E-state index in [9.17, 15) is 9.59 Å². The Labute approximate surface area is 138 Å². The number of methoxy groups -OCH3 is 1. The van der Waals surface area contributed by atoms with Crippen LogP contribution in [0.5, 0.6) is 0 Å². The lowest BCUT2D eigenvalue weighted by Crippen LogP contribution is -2.01. The minimum absolute atomic E-state index is 0.224. The van der Waals surface area contributed by atoms with Gasteiger partial charge < -0.3 is 9.47 Å². The molecule has 120 valence electrons. The van der Waals surface area contributed by atoms with Crippen molar-refractivity contribution in [3.05, 3.63) is 57.0 Å². The Balaban J connectivity index is 1.90. The Kier molecular flexibility index (Phi) is 5.65. The molecule has 1 aromatic carbocycles. The van der Waals surface area contributed by atoms with Crippen LogP contribution in [0.1, 0.15) is 31.5 Å². The van der Waals surface area contributed by atoms with Crippen LogP contribution in [-0.2, 0) is 20.9 Å². The average molecular weight is 331 g/mol. The van der Waals surface area contributed by atoms with E-state index < -0.39 is 11.9 Å². The predicted molar refractivity (Wildman–Crippen MR) is 88.2 cm³/mol. The molecular weight excluding hydrogens is 314 g/mol. The monoisotopic (exact) mass is 331 g/mol. The van der Waals surface area contributed by atoms with E-state index in [2.05, 4.69) is 9.72 Å². The van der Waals surface area contributed by atoms with E-state index in [0.717, 1.165) is 21.1 Å². The van der Waals surface area contributed by atoms with Crippen LogP contribution in [0.2, 0.25) is 0 Å². The maximum absolute atomic E-state index is 11.7. The zero-order valence-corrected chi connectivity index (χ0v) is 14.0. The van der Waals surface area contributed by atoms with E-state index in [1.807, 2.05) is 13.8 Å². The smallest absolute Gasteiger partial charge is 0.337 e. The Morgan fingerprint density at radius 3 is 2.48 bits per heavy atom. The number of hydrogen-bond acceptors (Lipinski definition) is 6. The van der Waals surface area contributed by atoms with Crippen LogP contribution in [-0.4, -0.2) is 24.0 Å². The Bertz CT molecular complexity index is 732. The summed E-state index contributed by atoms with van der Waals surface area (Å²) in [5.74, 6) is -0.817. The minimum atomic E-state index is -0.424. The molecule has 0 N–H and O–H groups in total. The minimum Gasteiger partial charge on any atom is -0.465 e. The van der Waals surface area contributed by atoms with Crippen LogP contribution in [0, 0.1) is 13.8 Å². The van der Waals surface area contributed by atoms with Gasteiger partial charge >= 0.3 is 11.9 Å². The molecule has 0 fully saturated rings. The molecule has 0 aliphatic rings. The lowest BCUT2D eigenvalue weighted by molar-refractivity contribution is -0.138. The second-order valence-corrected chi connectivity index (χ2v) is 6.08. The predicted octanol–water partition coefficient (Wildman–Crippen LogP) is 3.30. The lowest BCUT2D eigenvalue weighted by Gasteiger charge is -2.01. The summed E-state index contributed by atoms with van der Waals surface area (Å²) in [6.45, 7) is 4.04. The molecule has 0 atom stereocenters. The van der Waals surface area contributed by atoms with Gasteiger partial charge in [-0.3, -0.25) is 0 Å². The summed E-state index contributed by atoms with van der Waals surface area (Å²) in [6.07, 6.45) is 2.99. The number of thiazole rings is 1. The van der Waals surface area contributed by atoms with E-state index in [1.54, 1.807) is 30.3 Å². The first-order chi connectivity index (χ1) is 11.0. The van der Waals surface area contributed by atoms with Crippen molar-refractivity contribution in [1.29, 1.82) is 0 Å². The van der Waals surface area contributed by atoms with E-state index >= 15 is 0 Å². The first-order valence-corrected chi connectivity index (χ1v) is 7.77. The van der Waals surface area contributed by atoms with Crippen LogP contribution in [0.25, 0.3) is 6.08 Å². The summed E-state index contributed by atoms with van der Waals surface area (Å²) in [5.41, 5.74) is 2.14. The van der Waals surface area contributed by atoms with Gasteiger partial charge in [0.2, 0.25) is 0 Å². The van der Waals surface area contributed by atoms with E-state index in [4.69, 9.17) is 4.74 Å². The first-order valence-electron chi connectivity index (χ1n) is 6.95. The van der Waals surface area contributed by atoms with Crippen molar-refractivity contribution in [2.24, 2.45) is 0 Å². The molecule has 0 spiro atoms. The highest BCUT2D eigenvalue weighted by Gasteiger charge is 2.07. The van der Waals surface area contributed by atoms with Crippen molar-refractivity contribution >= 4 is 29.4 Å². The van der Waals surface area contributed by atoms with E-state index in [0.29, 0.717) is 5.56 Å². The molecule has 1 aromatic heterocycles. The zero-order chi connectivity index (χ0) is 16.8. The van der Waals surface area contributed by atoms with Gasteiger partial charge in [0, 0.05) is 6.08 Å². The van der Waals surface area contributed by atoms with Crippen molar-refractivity contribution in [2.45, 2.75) is 20.5 Å². The topological polar surface area (TPSA) is 65.5 Å². The number of hydrogen-bond donors (Lipinski definition) is 0. The first kappa shape index (κ1) is 16.9. The van der Waals surface area contributed by atoms with Gasteiger partial charge in [-0.15, -0.1) is 11.3 Å². The fourth-order valence-electron chi connectivity index (χ4n) is 1.90. The molecule has 0 aliphatic heterocycles. The number of carbonyl (C=O) groups is 2. The van der Waals surface area contributed by atoms with Crippen molar-refractivity contribution in [1.82, 2.24) is 4.98 Å². The lowest BCUT2D eigenvalue weighted by atomic mass is 10.1. The number of aromatic nitrogens is 1. The molecule has 0 bridgehead atoms. The van der Waals surface area contributed by atoms with Crippen LogP contribution in [0.15, 0.2) is 30.3 Å². The number of benzene rings is 1. The van der Waals surface area contributed by atoms with Crippen LogP contribution < -0.4 is 0 Å². The van der Waals surface area contributed by atoms with Crippen molar-refractivity contribution < 1.29 is 19.1 Å². The summed E-state index contributed by atoms with van der Waals surface area (Å²) in [5, 5.41) is 0.954. The SMILES string of the molecule is COC(=O)c1ccc(/C=C/C(=O)OCc2sc(C)nc2C)cc1. The molecule has 23 heavy (non-hydrogen) atoms. The number of aryl methyl sites for hydroxylation is 2. The summed E-state index contributed by atoms with van der Waals surface area (Å²) in [6, 6.07) is 6.74. The molecule has 0 radical (unpaired) electrons. The van der Waals surface area contributed by atoms with Crippen molar-refractivity contribution in [2.75, 3.05) is 7.11 Å². The van der Waals surface area contributed by atoms with Crippen molar-refractivity contribution in [3.63, 3.8) is 0 Å². The molecule has 0 unspecified atom stereocenters. The van der Waals surface area contributed by atoms with Gasteiger partial charge in [0.15, 0.2) is 0 Å². The molecule has 0 aliphatic carbocycles. The van der Waals surface area contributed by atoms with Gasteiger partial charge in [-0.05, 0) is 37.6 Å². The largest absolute Gasteiger partial charge is 0.465 e. The fourth-order valence-corrected chi connectivity index (χ4v) is 2.75. The van der Waals surface area contributed by atoms with Gasteiger partial charge in [0.05, 0.1) is 28.3 Å². The highest BCUT2D eigenvalue weighted by atomic mass is 32.1. The number of rotatable bonds is 5. The van der Waals surface area contributed by atoms with Crippen LogP contribution in [0.3, 0.4) is 0 Å². The third-order valence-electron chi connectivity index (χ3n) is 3.09. The third kappa shape index (κ3) is 4.75.